The molecule has 0 aliphatic heterocycles. The summed E-state index contributed by atoms with van der Waals surface area (Å²) in [7, 11) is 0. The Morgan fingerprint density at radius 2 is 1.89 bits per heavy atom. The number of amides is 2. The molecule has 0 heterocycles. The predicted molar refractivity (Wildman–Crippen MR) is 68.7 cm³/mol. The Labute approximate surface area is 112 Å². The highest BCUT2D eigenvalue weighted by Crippen LogP contribution is 2.08. The zero-order valence-corrected chi connectivity index (χ0v) is 11.6. The van der Waals surface area contributed by atoms with E-state index in [4.69, 9.17) is 9.84 Å². The Morgan fingerprint density at radius 3 is 2.37 bits per heavy atom. The van der Waals surface area contributed by atoms with Crippen molar-refractivity contribution in [2.75, 3.05) is 13.2 Å². The number of esters is 1. The van der Waals surface area contributed by atoms with Crippen molar-refractivity contribution in [1.29, 1.82) is 0 Å². The summed E-state index contributed by atoms with van der Waals surface area (Å²) in [5.41, 5.74) is -1.29. The molecule has 0 saturated carbocycles. The van der Waals surface area contributed by atoms with Crippen LogP contribution in [-0.2, 0) is 14.3 Å². The van der Waals surface area contributed by atoms with E-state index in [0.717, 1.165) is 0 Å². The molecule has 0 spiro atoms. The summed E-state index contributed by atoms with van der Waals surface area (Å²) in [4.78, 5) is 33.5. The van der Waals surface area contributed by atoms with Crippen LogP contribution in [-0.4, -0.2) is 41.8 Å². The largest absolute Gasteiger partial charge is 0.480 e. The average molecular weight is 274 g/mol. The summed E-state index contributed by atoms with van der Waals surface area (Å²) in [6.45, 7) is 5.45. The van der Waals surface area contributed by atoms with Crippen LogP contribution in [0.15, 0.2) is 0 Å². The molecule has 0 bridgehead atoms. The summed E-state index contributed by atoms with van der Waals surface area (Å²) in [5.74, 6) is -1.40. The van der Waals surface area contributed by atoms with Crippen LogP contribution in [0.1, 0.15) is 40.0 Å². The van der Waals surface area contributed by atoms with E-state index in [1.54, 1.807) is 13.8 Å². The van der Waals surface area contributed by atoms with Crippen LogP contribution in [0.4, 0.5) is 4.79 Å². The fraction of sp³-hybridized carbons (Fsp3) is 0.750. The van der Waals surface area contributed by atoms with Gasteiger partial charge in [0.2, 0.25) is 0 Å². The smallest absolute Gasteiger partial charge is 0.329 e. The predicted octanol–water partition coefficient (Wildman–Crippen LogP) is 0.882. The number of ether oxygens (including phenoxy) is 1. The lowest BCUT2D eigenvalue weighted by atomic mass is 10.00. The zero-order chi connectivity index (χ0) is 14.9. The van der Waals surface area contributed by atoms with Crippen LogP contribution in [0.25, 0.3) is 0 Å². The molecule has 7 heteroatoms. The first-order valence-electron chi connectivity index (χ1n) is 6.30. The number of urea groups is 1. The van der Waals surface area contributed by atoms with E-state index in [2.05, 4.69) is 10.6 Å². The lowest BCUT2D eigenvalue weighted by Crippen LogP contribution is -2.54. The molecule has 0 saturated heterocycles. The molecule has 0 aliphatic carbocycles. The maximum Gasteiger partial charge on any atom is 0.329 e. The quantitative estimate of drug-likeness (QED) is 0.450. The monoisotopic (exact) mass is 274 g/mol. The van der Waals surface area contributed by atoms with Crippen LogP contribution in [0.3, 0.4) is 0 Å². The van der Waals surface area contributed by atoms with E-state index < -0.39 is 17.5 Å². The van der Waals surface area contributed by atoms with Crippen molar-refractivity contribution in [2.24, 2.45) is 0 Å². The van der Waals surface area contributed by atoms with Crippen molar-refractivity contribution in [3.8, 4) is 0 Å². The highest BCUT2D eigenvalue weighted by molar-refractivity contribution is 5.85. The van der Waals surface area contributed by atoms with Crippen LogP contribution in [0, 0.1) is 0 Å². The standard InChI is InChI=1S/C12H22N2O5/c1-4-12(3,10(16)17)14-11(18)13-8-6-7-9(15)19-5-2/h4-8H2,1-3H3,(H,16,17)(H2,13,14,18). The maximum absolute atomic E-state index is 11.5. The third-order valence-electron chi connectivity index (χ3n) is 2.72. The molecule has 2 amide bonds. The van der Waals surface area contributed by atoms with Crippen LogP contribution >= 0.6 is 0 Å². The van der Waals surface area contributed by atoms with E-state index in [9.17, 15) is 14.4 Å². The lowest BCUT2D eigenvalue weighted by Gasteiger charge is -2.24. The van der Waals surface area contributed by atoms with Crippen LogP contribution in [0.5, 0.6) is 0 Å². The molecule has 7 nitrogen and oxygen atoms in total. The average Bonchev–Trinajstić information content (AvgIpc) is 2.34. The van der Waals surface area contributed by atoms with Gasteiger partial charge in [-0.1, -0.05) is 6.92 Å². The first kappa shape index (κ1) is 17.2. The molecule has 19 heavy (non-hydrogen) atoms. The lowest BCUT2D eigenvalue weighted by molar-refractivity contribution is -0.144. The molecular formula is C12H22N2O5. The van der Waals surface area contributed by atoms with Gasteiger partial charge in [-0.15, -0.1) is 0 Å². The SMILES string of the molecule is CCOC(=O)CCCNC(=O)NC(C)(CC)C(=O)O. The zero-order valence-electron chi connectivity index (χ0n) is 11.6. The van der Waals surface area contributed by atoms with Gasteiger partial charge in [0, 0.05) is 13.0 Å². The number of carboxylic acid groups (broad SMARTS) is 1. The van der Waals surface area contributed by atoms with E-state index in [1.165, 1.54) is 6.92 Å². The highest BCUT2D eigenvalue weighted by Gasteiger charge is 2.32. The van der Waals surface area contributed by atoms with Gasteiger partial charge in [-0.2, -0.15) is 0 Å². The van der Waals surface area contributed by atoms with Gasteiger partial charge in [0.1, 0.15) is 5.54 Å². The Kier molecular flexibility index (Phi) is 7.55. The Hall–Kier alpha value is -1.79. The fourth-order valence-corrected chi connectivity index (χ4v) is 1.26. The number of carboxylic acids is 1. The van der Waals surface area contributed by atoms with Gasteiger partial charge in [0.05, 0.1) is 6.61 Å². The van der Waals surface area contributed by atoms with Crippen molar-refractivity contribution < 1.29 is 24.2 Å². The highest BCUT2D eigenvalue weighted by atomic mass is 16.5. The summed E-state index contributed by atoms with van der Waals surface area (Å²) in [6, 6.07) is -0.560. The van der Waals surface area contributed by atoms with Crippen molar-refractivity contribution in [3.63, 3.8) is 0 Å². The van der Waals surface area contributed by atoms with Gasteiger partial charge >= 0.3 is 18.0 Å². The second kappa shape index (κ2) is 8.34. The maximum atomic E-state index is 11.5. The number of hydrogen-bond donors (Lipinski definition) is 3. The van der Waals surface area contributed by atoms with Gasteiger partial charge in [-0.3, -0.25) is 4.79 Å². The van der Waals surface area contributed by atoms with Gasteiger partial charge < -0.3 is 20.5 Å². The molecule has 110 valence electrons. The van der Waals surface area contributed by atoms with E-state index in [-0.39, 0.29) is 25.4 Å². The summed E-state index contributed by atoms with van der Waals surface area (Å²) in [5, 5.41) is 13.9. The minimum absolute atomic E-state index is 0.220. The summed E-state index contributed by atoms with van der Waals surface area (Å²) in [6.07, 6.45) is 0.943. The number of hydrogen-bond acceptors (Lipinski definition) is 4. The molecule has 0 aromatic heterocycles. The number of carbonyl (C=O) groups is 3. The first-order chi connectivity index (χ1) is 8.85. The van der Waals surface area contributed by atoms with Gasteiger partial charge in [0.25, 0.3) is 0 Å². The topological polar surface area (TPSA) is 105 Å². The molecular weight excluding hydrogens is 252 g/mol. The summed E-state index contributed by atoms with van der Waals surface area (Å²) >= 11 is 0. The Balaban J connectivity index is 3.93. The van der Waals surface area contributed by atoms with Crippen molar-refractivity contribution in [3.05, 3.63) is 0 Å². The summed E-state index contributed by atoms with van der Waals surface area (Å²) < 4.78 is 4.73. The second-order valence-electron chi connectivity index (χ2n) is 4.28. The number of carbonyl (C=O) groups excluding carboxylic acids is 2. The molecule has 0 aromatic rings. The van der Waals surface area contributed by atoms with Gasteiger partial charge in [-0.05, 0) is 26.7 Å². The Morgan fingerprint density at radius 1 is 1.26 bits per heavy atom. The van der Waals surface area contributed by atoms with Crippen molar-refractivity contribution in [1.82, 2.24) is 10.6 Å². The molecule has 0 fully saturated rings. The molecule has 0 aliphatic rings. The minimum atomic E-state index is -1.29. The fourth-order valence-electron chi connectivity index (χ4n) is 1.26. The normalized spacial score (nSPS) is 13.2. The molecule has 1 atom stereocenters. The third-order valence-corrected chi connectivity index (χ3v) is 2.72. The van der Waals surface area contributed by atoms with Crippen molar-refractivity contribution >= 4 is 18.0 Å². The number of rotatable bonds is 8. The van der Waals surface area contributed by atoms with E-state index in [0.29, 0.717) is 13.0 Å². The molecule has 3 N–H and O–H groups in total. The van der Waals surface area contributed by atoms with Crippen LogP contribution in [0.2, 0.25) is 0 Å². The van der Waals surface area contributed by atoms with E-state index in [1.807, 2.05) is 0 Å². The molecule has 1 unspecified atom stereocenters. The Bertz CT molecular complexity index is 332. The third kappa shape index (κ3) is 6.64. The molecule has 0 aromatic carbocycles. The number of nitrogens with one attached hydrogen (secondary N) is 2. The minimum Gasteiger partial charge on any atom is -0.480 e. The second-order valence-corrected chi connectivity index (χ2v) is 4.28. The number of aliphatic carboxylic acids is 1. The van der Waals surface area contributed by atoms with Gasteiger partial charge in [-0.25, -0.2) is 9.59 Å². The van der Waals surface area contributed by atoms with E-state index >= 15 is 0 Å². The van der Waals surface area contributed by atoms with Crippen LogP contribution < -0.4 is 10.6 Å². The van der Waals surface area contributed by atoms with Crippen molar-refractivity contribution in [2.45, 2.75) is 45.6 Å². The molecule has 0 radical (unpaired) electrons. The first-order valence-corrected chi connectivity index (χ1v) is 6.30. The molecule has 0 rings (SSSR count). The van der Waals surface area contributed by atoms with Gasteiger partial charge in [0.15, 0.2) is 0 Å².